The number of carbonyl (C=O) groups is 2. The van der Waals surface area contributed by atoms with Gasteiger partial charge in [-0.05, 0) is 18.2 Å². The Morgan fingerprint density at radius 3 is 3.04 bits per heavy atom. The van der Waals surface area contributed by atoms with Gasteiger partial charge in [0.15, 0.2) is 6.61 Å². The van der Waals surface area contributed by atoms with E-state index in [1.807, 2.05) is 30.3 Å². The van der Waals surface area contributed by atoms with Gasteiger partial charge in [0.05, 0.1) is 12.5 Å². The van der Waals surface area contributed by atoms with Crippen LogP contribution in [-0.2, 0) is 16.1 Å². The number of hydrogen-bond acceptors (Lipinski definition) is 6. The predicted molar refractivity (Wildman–Crippen MR) is 87.6 cm³/mol. The molecule has 0 fully saturated rings. The second kappa shape index (κ2) is 7.15. The molecule has 0 aliphatic carbocycles. The van der Waals surface area contributed by atoms with Gasteiger partial charge in [-0.1, -0.05) is 12.1 Å². The third kappa shape index (κ3) is 3.39. The van der Waals surface area contributed by atoms with Crippen molar-refractivity contribution in [3.63, 3.8) is 0 Å². The molecule has 1 aliphatic heterocycles. The summed E-state index contributed by atoms with van der Waals surface area (Å²) in [7, 11) is 0. The molecule has 0 spiro atoms. The van der Waals surface area contributed by atoms with Crippen molar-refractivity contribution in [2.24, 2.45) is 0 Å². The lowest BCUT2D eigenvalue weighted by Crippen LogP contribution is -2.29. The number of nitrogens with zero attached hydrogens (tertiary/aromatic N) is 1. The zero-order chi connectivity index (χ0) is 16.9. The number of amides is 1. The van der Waals surface area contributed by atoms with Crippen LogP contribution in [-0.4, -0.2) is 25.0 Å². The molecule has 122 valence electrons. The molecular weight excluding hydrogens is 328 g/mol. The van der Waals surface area contributed by atoms with Crippen LogP contribution in [0.1, 0.15) is 21.7 Å². The summed E-state index contributed by atoms with van der Waals surface area (Å²) in [4.78, 5) is 25.0. The monoisotopic (exact) mass is 342 g/mol. The Bertz CT molecular complexity index is 822. The van der Waals surface area contributed by atoms with E-state index in [4.69, 9.17) is 14.7 Å². The number of ether oxygens (including phenoxy) is 2. The maximum absolute atomic E-state index is 12.1. The van der Waals surface area contributed by atoms with Gasteiger partial charge in [0.1, 0.15) is 17.2 Å². The average Bonchev–Trinajstić information content (AvgIpc) is 3.05. The summed E-state index contributed by atoms with van der Waals surface area (Å²) in [6.07, 6.45) is 0.219. The molecule has 3 rings (SSSR count). The molecule has 6 nitrogen and oxygen atoms in total. The molecule has 1 N–H and O–H groups in total. The molecule has 0 saturated heterocycles. The topological polar surface area (TPSA) is 88.4 Å². The van der Waals surface area contributed by atoms with Crippen LogP contribution in [0.3, 0.4) is 0 Å². The fraction of sp³-hybridized carbons (Fsp3) is 0.235. The number of esters is 1. The Kier molecular flexibility index (Phi) is 4.77. The highest BCUT2D eigenvalue weighted by atomic mass is 32.1. The SMILES string of the molecule is N#CCCNC(=O)COC(=O)c1cc2c(s1)-c1ccccc1OC2. The molecule has 7 heteroatoms. The van der Waals surface area contributed by atoms with Gasteiger partial charge >= 0.3 is 5.97 Å². The average molecular weight is 342 g/mol. The van der Waals surface area contributed by atoms with Crippen LogP contribution in [0.5, 0.6) is 5.75 Å². The molecule has 0 bridgehead atoms. The van der Waals surface area contributed by atoms with E-state index in [1.165, 1.54) is 11.3 Å². The van der Waals surface area contributed by atoms with Crippen molar-refractivity contribution in [2.45, 2.75) is 13.0 Å². The van der Waals surface area contributed by atoms with Crippen LogP contribution in [0.25, 0.3) is 10.4 Å². The van der Waals surface area contributed by atoms with Crippen molar-refractivity contribution < 1.29 is 19.1 Å². The summed E-state index contributed by atoms with van der Waals surface area (Å²) < 4.78 is 10.7. The van der Waals surface area contributed by atoms with E-state index >= 15 is 0 Å². The smallest absolute Gasteiger partial charge is 0.348 e. The minimum Gasteiger partial charge on any atom is -0.488 e. The van der Waals surface area contributed by atoms with Crippen LogP contribution >= 0.6 is 11.3 Å². The van der Waals surface area contributed by atoms with Crippen molar-refractivity contribution in [1.29, 1.82) is 5.26 Å². The molecule has 2 aromatic rings. The van der Waals surface area contributed by atoms with Gasteiger partial charge in [0, 0.05) is 22.5 Å². The molecule has 0 saturated carbocycles. The Balaban J connectivity index is 1.65. The molecular formula is C17H14N2O4S. The van der Waals surface area contributed by atoms with Gasteiger partial charge in [-0.2, -0.15) is 5.26 Å². The van der Waals surface area contributed by atoms with E-state index in [0.717, 1.165) is 21.8 Å². The van der Waals surface area contributed by atoms with Crippen LogP contribution in [0.15, 0.2) is 30.3 Å². The molecule has 0 atom stereocenters. The van der Waals surface area contributed by atoms with Crippen molar-refractivity contribution in [1.82, 2.24) is 5.32 Å². The maximum Gasteiger partial charge on any atom is 0.348 e. The molecule has 1 aromatic carbocycles. The van der Waals surface area contributed by atoms with E-state index in [2.05, 4.69) is 5.32 Å². The lowest BCUT2D eigenvalue weighted by molar-refractivity contribution is -0.124. The summed E-state index contributed by atoms with van der Waals surface area (Å²) in [5.41, 5.74) is 1.89. The Hall–Kier alpha value is -2.85. The van der Waals surface area contributed by atoms with Crippen molar-refractivity contribution in [2.75, 3.05) is 13.2 Å². The summed E-state index contributed by atoms with van der Waals surface area (Å²) in [6.45, 7) is 0.291. The van der Waals surface area contributed by atoms with E-state index in [0.29, 0.717) is 11.5 Å². The number of carbonyl (C=O) groups excluding carboxylic acids is 2. The quantitative estimate of drug-likeness (QED) is 0.666. The fourth-order valence-electron chi connectivity index (χ4n) is 2.31. The second-order valence-electron chi connectivity index (χ2n) is 5.08. The summed E-state index contributed by atoms with van der Waals surface area (Å²) in [5, 5.41) is 10.9. The number of rotatable bonds is 5. The van der Waals surface area contributed by atoms with E-state index in [9.17, 15) is 9.59 Å². The molecule has 1 aromatic heterocycles. The van der Waals surface area contributed by atoms with E-state index in [1.54, 1.807) is 6.07 Å². The maximum atomic E-state index is 12.1. The van der Waals surface area contributed by atoms with Crippen LogP contribution in [0.2, 0.25) is 0 Å². The summed E-state index contributed by atoms with van der Waals surface area (Å²) >= 11 is 1.33. The second-order valence-corrected chi connectivity index (χ2v) is 6.14. The summed E-state index contributed by atoms with van der Waals surface area (Å²) in [5.74, 6) is -0.167. The molecule has 24 heavy (non-hydrogen) atoms. The number of thiophene rings is 1. The van der Waals surface area contributed by atoms with Gasteiger partial charge in [-0.15, -0.1) is 11.3 Å². The Labute approximate surface area is 142 Å². The first-order chi connectivity index (χ1) is 11.7. The van der Waals surface area contributed by atoms with Gasteiger partial charge in [-0.25, -0.2) is 4.79 Å². The fourth-order valence-corrected chi connectivity index (χ4v) is 3.40. The number of benzene rings is 1. The highest BCUT2D eigenvalue weighted by Crippen LogP contribution is 2.42. The number of hydrogen-bond donors (Lipinski definition) is 1. The first-order valence-electron chi connectivity index (χ1n) is 7.34. The van der Waals surface area contributed by atoms with Gasteiger partial charge in [0.25, 0.3) is 5.91 Å². The standard InChI is InChI=1S/C17H14N2O4S/c18-6-3-7-19-15(20)10-23-17(21)14-8-11-9-22-13-5-2-1-4-12(13)16(11)24-14/h1-2,4-5,8H,3,7,9-10H2,(H,19,20). The number of fused-ring (bicyclic) bond motifs is 3. The van der Waals surface area contributed by atoms with E-state index in [-0.39, 0.29) is 19.6 Å². The summed E-state index contributed by atoms with van der Waals surface area (Å²) in [6, 6.07) is 11.3. The van der Waals surface area contributed by atoms with Crippen molar-refractivity contribution in [3.8, 4) is 22.3 Å². The molecule has 1 aliphatic rings. The van der Waals surface area contributed by atoms with Crippen molar-refractivity contribution in [3.05, 3.63) is 40.8 Å². The normalized spacial score (nSPS) is 11.5. The van der Waals surface area contributed by atoms with Crippen LogP contribution < -0.4 is 10.1 Å². The Morgan fingerprint density at radius 2 is 2.21 bits per heavy atom. The largest absolute Gasteiger partial charge is 0.488 e. The van der Waals surface area contributed by atoms with Crippen LogP contribution in [0, 0.1) is 11.3 Å². The predicted octanol–water partition coefficient (Wildman–Crippen LogP) is 2.49. The first-order valence-corrected chi connectivity index (χ1v) is 8.16. The molecule has 1 amide bonds. The number of nitriles is 1. The van der Waals surface area contributed by atoms with Crippen LogP contribution in [0.4, 0.5) is 0 Å². The third-order valence-corrected chi connectivity index (χ3v) is 4.61. The molecule has 0 radical (unpaired) electrons. The Morgan fingerprint density at radius 1 is 1.38 bits per heavy atom. The lowest BCUT2D eigenvalue weighted by Gasteiger charge is -2.16. The number of para-hydroxylation sites is 1. The van der Waals surface area contributed by atoms with E-state index < -0.39 is 11.9 Å². The van der Waals surface area contributed by atoms with Gasteiger partial charge in [0.2, 0.25) is 0 Å². The lowest BCUT2D eigenvalue weighted by atomic mass is 10.1. The minimum absolute atomic E-state index is 0.219. The minimum atomic E-state index is -0.540. The third-order valence-electron chi connectivity index (χ3n) is 3.42. The zero-order valence-corrected chi connectivity index (χ0v) is 13.5. The molecule has 2 heterocycles. The van der Waals surface area contributed by atoms with Gasteiger partial charge in [-0.3, -0.25) is 4.79 Å². The molecule has 0 unspecified atom stereocenters. The highest BCUT2D eigenvalue weighted by Gasteiger charge is 2.23. The zero-order valence-electron chi connectivity index (χ0n) is 12.7. The first kappa shape index (κ1) is 16.0. The van der Waals surface area contributed by atoms with Gasteiger partial charge < -0.3 is 14.8 Å². The number of nitrogens with one attached hydrogen (secondary N) is 1. The highest BCUT2D eigenvalue weighted by molar-refractivity contribution is 7.17. The van der Waals surface area contributed by atoms with Crippen molar-refractivity contribution >= 4 is 23.2 Å².